The summed E-state index contributed by atoms with van der Waals surface area (Å²) in [5.74, 6) is 0.193. The van der Waals surface area contributed by atoms with E-state index in [2.05, 4.69) is 21.2 Å². The molecular weight excluding hydrogens is 492 g/mol. The number of benzene rings is 3. The maximum absolute atomic E-state index is 13.5. The molecule has 0 aliphatic carbocycles. The van der Waals surface area contributed by atoms with Gasteiger partial charge in [0, 0.05) is 12.1 Å². The first kappa shape index (κ1) is 25.8. The van der Waals surface area contributed by atoms with Crippen LogP contribution in [0.25, 0.3) is 10.8 Å². The topological polar surface area (TPSA) is 58.6 Å². The van der Waals surface area contributed by atoms with Crippen molar-refractivity contribution in [3.8, 4) is 5.75 Å². The normalized spacial score (nSPS) is 12.3. The number of hydrogen-bond acceptors (Lipinski definition) is 3. The third-order valence-corrected chi connectivity index (χ3v) is 6.48. The molecule has 3 aromatic carbocycles. The van der Waals surface area contributed by atoms with Gasteiger partial charge in [0.05, 0.1) is 4.47 Å². The second kappa shape index (κ2) is 11.0. The van der Waals surface area contributed by atoms with Crippen molar-refractivity contribution in [2.45, 2.75) is 59.2 Å². The van der Waals surface area contributed by atoms with Crippen molar-refractivity contribution in [1.29, 1.82) is 0 Å². The standard InChI is InChI=1S/C28H33BrN2O3/c1-6-23(27(33)30-28(3,4)5)31(17-21-13-8-7-11-19(21)2)25(32)18-34-24-16-15-20-12-9-10-14-22(20)26(24)29/h7-16,23H,6,17-18H2,1-5H3,(H,30,33)/t23-/m0/s1. The van der Waals surface area contributed by atoms with Crippen LogP contribution < -0.4 is 10.1 Å². The van der Waals surface area contributed by atoms with Gasteiger partial charge in [-0.15, -0.1) is 0 Å². The molecule has 0 saturated carbocycles. The third kappa shape index (κ3) is 6.38. The van der Waals surface area contributed by atoms with E-state index in [9.17, 15) is 9.59 Å². The molecular formula is C28H33BrN2O3. The van der Waals surface area contributed by atoms with Crippen LogP contribution >= 0.6 is 15.9 Å². The van der Waals surface area contributed by atoms with Gasteiger partial charge in [0.2, 0.25) is 5.91 Å². The minimum absolute atomic E-state index is 0.163. The molecule has 0 bridgehead atoms. The molecule has 5 nitrogen and oxygen atoms in total. The molecule has 0 aliphatic heterocycles. The molecule has 0 spiro atoms. The van der Waals surface area contributed by atoms with Gasteiger partial charge in [0.25, 0.3) is 5.91 Å². The van der Waals surface area contributed by atoms with E-state index in [-0.39, 0.29) is 18.4 Å². The first-order valence-electron chi connectivity index (χ1n) is 11.6. The summed E-state index contributed by atoms with van der Waals surface area (Å²) in [5.41, 5.74) is 1.68. The van der Waals surface area contributed by atoms with Crippen LogP contribution in [0.3, 0.4) is 0 Å². The maximum atomic E-state index is 13.5. The molecule has 0 aromatic heterocycles. The van der Waals surface area contributed by atoms with E-state index in [4.69, 9.17) is 4.74 Å². The lowest BCUT2D eigenvalue weighted by Crippen LogP contribution is -2.54. The zero-order valence-corrected chi connectivity index (χ0v) is 22.1. The number of carbonyl (C=O) groups excluding carboxylic acids is 2. The van der Waals surface area contributed by atoms with Crippen molar-refractivity contribution in [1.82, 2.24) is 10.2 Å². The first-order chi connectivity index (χ1) is 16.1. The van der Waals surface area contributed by atoms with E-state index in [1.807, 2.05) is 95.3 Å². The highest BCUT2D eigenvalue weighted by Gasteiger charge is 2.31. The van der Waals surface area contributed by atoms with Gasteiger partial charge in [-0.2, -0.15) is 0 Å². The summed E-state index contributed by atoms with van der Waals surface area (Å²) in [4.78, 5) is 28.3. The van der Waals surface area contributed by atoms with E-state index in [0.29, 0.717) is 18.7 Å². The Kier molecular flexibility index (Phi) is 8.37. The smallest absolute Gasteiger partial charge is 0.261 e. The van der Waals surface area contributed by atoms with Crippen LogP contribution in [0.2, 0.25) is 0 Å². The van der Waals surface area contributed by atoms with Gasteiger partial charge in [-0.05, 0) is 78.0 Å². The largest absolute Gasteiger partial charge is 0.483 e. The van der Waals surface area contributed by atoms with E-state index < -0.39 is 11.6 Å². The van der Waals surface area contributed by atoms with Crippen molar-refractivity contribution >= 4 is 38.5 Å². The maximum Gasteiger partial charge on any atom is 0.261 e. The fourth-order valence-electron chi connectivity index (χ4n) is 3.89. The number of nitrogens with one attached hydrogen (secondary N) is 1. The monoisotopic (exact) mass is 524 g/mol. The Morgan fingerprint density at radius 2 is 1.71 bits per heavy atom. The van der Waals surface area contributed by atoms with Crippen LogP contribution in [0.15, 0.2) is 65.1 Å². The van der Waals surface area contributed by atoms with Gasteiger partial charge in [-0.25, -0.2) is 0 Å². The number of rotatable bonds is 8. The van der Waals surface area contributed by atoms with Crippen molar-refractivity contribution in [2.75, 3.05) is 6.61 Å². The SMILES string of the molecule is CC[C@@H](C(=O)NC(C)(C)C)N(Cc1ccccc1C)C(=O)COc1ccc2ccccc2c1Br. The van der Waals surface area contributed by atoms with E-state index in [1.54, 1.807) is 4.90 Å². The Labute approximate surface area is 210 Å². The summed E-state index contributed by atoms with van der Waals surface area (Å²) < 4.78 is 6.77. The second-order valence-electron chi connectivity index (χ2n) is 9.50. The molecule has 0 unspecified atom stereocenters. The lowest BCUT2D eigenvalue weighted by atomic mass is 10.0. The molecule has 34 heavy (non-hydrogen) atoms. The van der Waals surface area contributed by atoms with Gasteiger partial charge < -0.3 is 15.0 Å². The number of aryl methyl sites for hydroxylation is 1. The fraction of sp³-hybridized carbons (Fsp3) is 0.357. The molecule has 0 radical (unpaired) electrons. The van der Waals surface area contributed by atoms with Crippen LogP contribution in [0.1, 0.15) is 45.2 Å². The average Bonchev–Trinajstić information content (AvgIpc) is 2.78. The number of amides is 2. The van der Waals surface area contributed by atoms with Crippen molar-refractivity contribution in [3.63, 3.8) is 0 Å². The van der Waals surface area contributed by atoms with Crippen molar-refractivity contribution < 1.29 is 14.3 Å². The van der Waals surface area contributed by atoms with E-state index in [1.165, 1.54) is 0 Å². The van der Waals surface area contributed by atoms with Crippen molar-refractivity contribution in [2.24, 2.45) is 0 Å². The predicted octanol–water partition coefficient (Wildman–Crippen LogP) is 6.01. The Morgan fingerprint density at radius 1 is 1.03 bits per heavy atom. The van der Waals surface area contributed by atoms with Crippen LogP contribution in [-0.4, -0.2) is 34.9 Å². The van der Waals surface area contributed by atoms with Crippen LogP contribution in [-0.2, 0) is 16.1 Å². The van der Waals surface area contributed by atoms with E-state index in [0.717, 1.165) is 26.4 Å². The summed E-state index contributed by atoms with van der Waals surface area (Å²) >= 11 is 3.62. The van der Waals surface area contributed by atoms with Crippen LogP contribution in [0, 0.1) is 6.92 Å². The summed E-state index contributed by atoms with van der Waals surface area (Å²) in [6.07, 6.45) is 0.499. The number of fused-ring (bicyclic) bond motifs is 1. The van der Waals surface area contributed by atoms with Gasteiger partial charge in [-0.1, -0.05) is 61.5 Å². The van der Waals surface area contributed by atoms with Gasteiger partial charge in [0.15, 0.2) is 6.61 Å². The summed E-state index contributed by atoms with van der Waals surface area (Å²) in [6.45, 7) is 9.91. The number of nitrogens with zero attached hydrogens (tertiary/aromatic N) is 1. The highest BCUT2D eigenvalue weighted by atomic mass is 79.9. The average molecular weight is 525 g/mol. The summed E-state index contributed by atoms with van der Waals surface area (Å²) in [6, 6.07) is 19.1. The molecule has 1 N–H and O–H groups in total. The molecule has 2 amide bonds. The van der Waals surface area contributed by atoms with Crippen LogP contribution in [0.4, 0.5) is 0 Å². The molecule has 6 heteroatoms. The second-order valence-corrected chi connectivity index (χ2v) is 10.3. The minimum Gasteiger partial charge on any atom is -0.483 e. The quantitative estimate of drug-likeness (QED) is 0.392. The molecule has 0 fully saturated rings. The first-order valence-corrected chi connectivity index (χ1v) is 12.4. The Morgan fingerprint density at radius 3 is 2.38 bits per heavy atom. The zero-order chi connectivity index (χ0) is 24.9. The Hall–Kier alpha value is -2.86. The Balaban J connectivity index is 1.86. The molecule has 3 rings (SSSR count). The van der Waals surface area contributed by atoms with Crippen molar-refractivity contribution in [3.05, 3.63) is 76.3 Å². The van der Waals surface area contributed by atoms with E-state index >= 15 is 0 Å². The third-order valence-electron chi connectivity index (χ3n) is 5.67. The number of carbonyl (C=O) groups is 2. The molecule has 0 aliphatic rings. The summed E-state index contributed by atoms with van der Waals surface area (Å²) in [7, 11) is 0. The van der Waals surface area contributed by atoms with Gasteiger partial charge in [0.1, 0.15) is 11.8 Å². The molecule has 1 atom stereocenters. The number of halogens is 1. The predicted molar refractivity (Wildman–Crippen MR) is 141 cm³/mol. The lowest BCUT2D eigenvalue weighted by Gasteiger charge is -2.33. The highest BCUT2D eigenvalue weighted by molar-refractivity contribution is 9.10. The number of hydrogen-bond donors (Lipinski definition) is 1. The zero-order valence-electron chi connectivity index (χ0n) is 20.5. The number of ether oxygens (including phenoxy) is 1. The lowest BCUT2D eigenvalue weighted by molar-refractivity contribution is -0.143. The summed E-state index contributed by atoms with van der Waals surface area (Å²) in [5, 5.41) is 5.12. The Bertz CT molecular complexity index is 1170. The van der Waals surface area contributed by atoms with Gasteiger partial charge in [-0.3, -0.25) is 9.59 Å². The fourth-order valence-corrected chi connectivity index (χ4v) is 4.50. The molecule has 3 aromatic rings. The molecule has 180 valence electrons. The minimum atomic E-state index is -0.602. The molecule has 0 saturated heterocycles. The highest BCUT2D eigenvalue weighted by Crippen LogP contribution is 2.33. The molecule has 0 heterocycles. The van der Waals surface area contributed by atoms with Crippen LogP contribution in [0.5, 0.6) is 5.75 Å². The van der Waals surface area contributed by atoms with Gasteiger partial charge >= 0.3 is 0 Å².